The Kier molecular flexibility index (Phi) is 3.24. The van der Waals surface area contributed by atoms with Crippen LogP contribution in [0.15, 0.2) is 0 Å². The molecule has 3 rings (SSSR count). The third-order valence-electron chi connectivity index (χ3n) is 3.65. The van der Waals surface area contributed by atoms with Crippen molar-refractivity contribution < 1.29 is 9.53 Å². The minimum absolute atomic E-state index is 0.0194. The Bertz CT molecular complexity index is 266. The number of hydrogen-bond acceptors (Lipinski definition) is 3. The van der Waals surface area contributed by atoms with Crippen LogP contribution in [0, 0.1) is 17.8 Å². The van der Waals surface area contributed by atoms with Crippen molar-refractivity contribution in [3.05, 3.63) is 0 Å². The van der Waals surface area contributed by atoms with Gasteiger partial charge in [-0.2, -0.15) is 0 Å². The molecule has 0 spiro atoms. The van der Waals surface area contributed by atoms with Crippen molar-refractivity contribution in [2.24, 2.45) is 17.8 Å². The highest BCUT2D eigenvalue weighted by atomic mass is 16.6. The van der Waals surface area contributed by atoms with E-state index < -0.39 is 0 Å². The van der Waals surface area contributed by atoms with Gasteiger partial charge in [0.25, 0.3) is 0 Å². The quantitative estimate of drug-likeness (QED) is 0.693. The zero-order chi connectivity index (χ0) is 11.8. The molecule has 1 N–H and O–H groups in total. The SMILES string of the molecule is CC(C)(C)OC(=O)C1CC2CCC1CNC2. The number of nitrogens with one attached hydrogen (secondary N) is 1. The van der Waals surface area contributed by atoms with Crippen LogP contribution in [0.4, 0.5) is 0 Å². The molecule has 3 atom stereocenters. The molecule has 0 aromatic carbocycles. The Morgan fingerprint density at radius 3 is 2.69 bits per heavy atom. The molecule has 3 unspecified atom stereocenters. The summed E-state index contributed by atoms with van der Waals surface area (Å²) >= 11 is 0. The van der Waals surface area contributed by atoms with Gasteiger partial charge in [-0.15, -0.1) is 0 Å². The lowest BCUT2D eigenvalue weighted by atomic mass is 9.75. The Morgan fingerprint density at radius 1 is 1.25 bits per heavy atom. The number of fused-ring (bicyclic) bond motifs is 4. The first-order valence-corrected chi connectivity index (χ1v) is 6.39. The summed E-state index contributed by atoms with van der Waals surface area (Å²) in [6, 6.07) is 0. The standard InChI is InChI=1S/C13H23NO2/c1-13(2,3)16-12(15)11-6-9-4-5-10(11)8-14-7-9/h9-11,14H,4-8H2,1-3H3. The predicted molar refractivity (Wildman–Crippen MR) is 63.0 cm³/mol. The molecular weight excluding hydrogens is 202 g/mol. The number of hydrogen-bond donors (Lipinski definition) is 1. The van der Waals surface area contributed by atoms with Gasteiger partial charge in [-0.25, -0.2) is 0 Å². The number of carbonyl (C=O) groups is 1. The molecule has 0 aromatic rings. The van der Waals surface area contributed by atoms with Crippen molar-refractivity contribution in [3.8, 4) is 0 Å². The normalized spacial score (nSPS) is 34.6. The number of rotatable bonds is 1. The van der Waals surface area contributed by atoms with Gasteiger partial charge >= 0.3 is 5.97 Å². The van der Waals surface area contributed by atoms with Crippen LogP contribution in [0.5, 0.6) is 0 Å². The Morgan fingerprint density at radius 2 is 2.00 bits per heavy atom. The van der Waals surface area contributed by atoms with E-state index >= 15 is 0 Å². The molecule has 3 aliphatic rings. The summed E-state index contributed by atoms with van der Waals surface area (Å²) in [6.45, 7) is 7.89. The lowest BCUT2D eigenvalue weighted by Crippen LogP contribution is -2.36. The largest absolute Gasteiger partial charge is 0.460 e. The number of ether oxygens (including phenoxy) is 1. The van der Waals surface area contributed by atoms with Crippen molar-refractivity contribution in [1.29, 1.82) is 0 Å². The maximum Gasteiger partial charge on any atom is 0.309 e. The first-order valence-electron chi connectivity index (χ1n) is 6.39. The van der Waals surface area contributed by atoms with E-state index in [2.05, 4.69) is 5.32 Å². The molecular formula is C13H23NO2. The van der Waals surface area contributed by atoms with Gasteiger partial charge in [-0.3, -0.25) is 4.79 Å². The van der Waals surface area contributed by atoms with E-state index in [1.807, 2.05) is 20.8 Å². The molecule has 2 heterocycles. The first-order chi connectivity index (χ1) is 7.46. The minimum Gasteiger partial charge on any atom is -0.460 e. The molecule has 2 aliphatic heterocycles. The van der Waals surface area contributed by atoms with Gasteiger partial charge in [0, 0.05) is 0 Å². The van der Waals surface area contributed by atoms with Crippen molar-refractivity contribution >= 4 is 5.97 Å². The average Bonchev–Trinajstić information content (AvgIpc) is 2.48. The molecule has 16 heavy (non-hydrogen) atoms. The van der Waals surface area contributed by atoms with E-state index in [9.17, 15) is 4.79 Å². The molecule has 92 valence electrons. The summed E-state index contributed by atoms with van der Waals surface area (Å²) in [5, 5.41) is 3.45. The summed E-state index contributed by atoms with van der Waals surface area (Å²) < 4.78 is 5.52. The van der Waals surface area contributed by atoms with Crippen LogP contribution in [0.1, 0.15) is 40.0 Å². The van der Waals surface area contributed by atoms with Crippen molar-refractivity contribution in [2.75, 3.05) is 13.1 Å². The summed E-state index contributed by atoms with van der Waals surface area (Å²) in [7, 11) is 0. The fourth-order valence-electron chi connectivity index (χ4n) is 2.89. The maximum absolute atomic E-state index is 12.1. The van der Waals surface area contributed by atoms with Crippen LogP contribution in [0.2, 0.25) is 0 Å². The van der Waals surface area contributed by atoms with E-state index in [-0.39, 0.29) is 17.5 Å². The second kappa shape index (κ2) is 4.36. The van der Waals surface area contributed by atoms with E-state index in [0.29, 0.717) is 11.8 Å². The second-order valence-electron chi connectivity index (χ2n) is 6.24. The van der Waals surface area contributed by atoms with E-state index in [4.69, 9.17) is 4.74 Å². The van der Waals surface area contributed by atoms with Crippen molar-refractivity contribution in [1.82, 2.24) is 5.32 Å². The van der Waals surface area contributed by atoms with Gasteiger partial charge in [0.2, 0.25) is 0 Å². The molecule has 2 saturated heterocycles. The van der Waals surface area contributed by atoms with Crippen LogP contribution in [-0.2, 0) is 9.53 Å². The molecule has 1 aliphatic carbocycles. The van der Waals surface area contributed by atoms with Gasteiger partial charge in [0.15, 0.2) is 0 Å². The highest BCUT2D eigenvalue weighted by Gasteiger charge is 2.39. The highest BCUT2D eigenvalue weighted by Crippen LogP contribution is 2.37. The molecule has 0 aromatic heterocycles. The maximum atomic E-state index is 12.1. The van der Waals surface area contributed by atoms with Crippen LogP contribution < -0.4 is 5.32 Å². The molecule has 2 bridgehead atoms. The third kappa shape index (κ3) is 2.76. The van der Waals surface area contributed by atoms with Crippen LogP contribution >= 0.6 is 0 Å². The predicted octanol–water partition coefficient (Wildman–Crippen LogP) is 1.96. The minimum atomic E-state index is -0.351. The number of carbonyl (C=O) groups excluding carboxylic acids is 1. The summed E-state index contributed by atoms with van der Waals surface area (Å²) in [5.74, 6) is 1.32. The molecule has 3 nitrogen and oxygen atoms in total. The third-order valence-corrected chi connectivity index (χ3v) is 3.65. The van der Waals surface area contributed by atoms with E-state index in [0.717, 1.165) is 19.5 Å². The molecule has 0 amide bonds. The van der Waals surface area contributed by atoms with Crippen molar-refractivity contribution in [3.63, 3.8) is 0 Å². The Labute approximate surface area is 97.9 Å². The lowest BCUT2D eigenvalue weighted by Gasteiger charge is -2.32. The topological polar surface area (TPSA) is 38.3 Å². The monoisotopic (exact) mass is 225 g/mol. The van der Waals surface area contributed by atoms with Gasteiger partial charge in [-0.05, 0) is 65.0 Å². The van der Waals surface area contributed by atoms with Gasteiger partial charge in [-0.1, -0.05) is 0 Å². The van der Waals surface area contributed by atoms with E-state index in [1.54, 1.807) is 0 Å². The number of esters is 1. The molecule has 1 saturated carbocycles. The molecule has 3 fully saturated rings. The average molecular weight is 225 g/mol. The van der Waals surface area contributed by atoms with Crippen LogP contribution in [-0.4, -0.2) is 24.7 Å². The Balaban J connectivity index is 2.01. The molecule has 3 heteroatoms. The summed E-state index contributed by atoms with van der Waals surface area (Å²) in [4.78, 5) is 12.1. The first kappa shape index (κ1) is 11.9. The molecule has 0 radical (unpaired) electrons. The zero-order valence-corrected chi connectivity index (χ0v) is 10.6. The Hall–Kier alpha value is -0.570. The van der Waals surface area contributed by atoms with Crippen LogP contribution in [0.25, 0.3) is 0 Å². The fourth-order valence-corrected chi connectivity index (χ4v) is 2.89. The van der Waals surface area contributed by atoms with Gasteiger partial charge in [0.05, 0.1) is 5.92 Å². The lowest BCUT2D eigenvalue weighted by molar-refractivity contribution is -0.163. The van der Waals surface area contributed by atoms with E-state index in [1.165, 1.54) is 12.8 Å². The van der Waals surface area contributed by atoms with Crippen LogP contribution in [0.3, 0.4) is 0 Å². The van der Waals surface area contributed by atoms with Gasteiger partial charge < -0.3 is 10.1 Å². The van der Waals surface area contributed by atoms with Gasteiger partial charge in [0.1, 0.15) is 5.60 Å². The summed E-state index contributed by atoms with van der Waals surface area (Å²) in [5.41, 5.74) is -0.351. The smallest absolute Gasteiger partial charge is 0.309 e. The second-order valence-corrected chi connectivity index (χ2v) is 6.24. The zero-order valence-electron chi connectivity index (χ0n) is 10.6. The highest BCUT2D eigenvalue weighted by molar-refractivity contribution is 5.73. The summed E-state index contributed by atoms with van der Waals surface area (Å²) in [6.07, 6.45) is 3.48. The van der Waals surface area contributed by atoms with Crippen molar-refractivity contribution in [2.45, 2.75) is 45.6 Å². The fraction of sp³-hybridized carbons (Fsp3) is 0.923.